The number of hydrogen-bond donors (Lipinski definition) is 1. The Bertz CT molecular complexity index is 1510. The van der Waals surface area contributed by atoms with Crippen molar-refractivity contribution in [2.24, 2.45) is 0 Å². The Morgan fingerprint density at radius 3 is 2.58 bits per heavy atom. The molecular weight excluding hydrogens is 516 g/mol. The number of fused-ring (bicyclic) bond motifs is 1. The van der Waals surface area contributed by atoms with Crippen LogP contribution in [0, 0.1) is 11.6 Å². The van der Waals surface area contributed by atoms with Crippen LogP contribution in [0.4, 0.5) is 14.6 Å². The largest absolute Gasteiger partial charge is 0.507 e. The molecule has 3 heterocycles. The van der Waals surface area contributed by atoms with Gasteiger partial charge in [0, 0.05) is 43.3 Å². The smallest absolute Gasteiger partial charge is 0.319 e. The van der Waals surface area contributed by atoms with E-state index >= 15 is 4.39 Å². The normalized spacial score (nSPS) is 13.6. The van der Waals surface area contributed by atoms with E-state index in [0.717, 1.165) is 6.07 Å². The molecule has 5 rings (SSSR count). The third-order valence-corrected chi connectivity index (χ3v) is 6.52. The van der Waals surface area contributed by atoms with Gasteiger partial charge < -0.3 is 19.6 Å². The number of halogens is 3. The summed E-state index contributed by atoms with van der Waals surface area (Å²) in [6.07, 6.45) is 2.87. The Kier molecular flexibility index (Phi) is 7.06. The molecule has 0 bridgehead atoms. The molecule has 194 valence electrons. The number of benzene rings is 2. The molecule has 1 saturated heterocycles. The van der Waals surface area contributed by atoms with Crippen molar-refractivity contribution in [3.63, 3.8) is 0 Å². The van der Waals surface area contributed by atoms with Crippen molar-refractivity contribution in [2.75, 3.05) is 31.1 Å². The van der Waals surface area contributed by atoms with Crippen LogP contribution < -0.4 is 9.64 Å². The molecule has 8 nitrogen and oxygen atoms in total. The van der Waals surface area contributed by atoms with E-state index in [2.05, 4.69) is 21.5 Å². The zero-order chi connectivity index (χ0) is 26.8. The van der Waals surface area contributed by atoms with Crippen LogP contribution in [-0.4, -0.2) is 57.0 Å². The molecule has 1 amide bonds. The number of carbonyl (C=O) groups is 1. The Morgan fingerprint density at radius 2 is 1.89 bits per heavy atom. The number of anilines is 1. The van der Waals surface area contributed by atoms with Gasteiger partial charge >= 0.3 is 6.01 Å². The average Bonchev–Trinajstić information content (AvgIpc) is 2.93. The first-order chi connectivity index (χ1) is 18.4. The van der Waals surface area contributed by atoms with E-state index in [9.17, 15) is 14.3 Å². The van der Waals surface area contributed by atoms with Crippen molar-refractivity contribution >= 4 is 34.2 Å². The van der Waals surface area contributed by atoms with Gasteiger partial charge in [-0.3, -0.25) is 9.78 Å². The third kappa shape index (κ3) is 4.82. The van der Waals surface area contributed by atoms with Crippen LogP contribution in [0.2, 0.25) is 5.02 Å². The first-order valence-electron chi connectivity index (χ1n) is 11.7. The number of phenols is 1. The first kappa shape index (κ1) is 25.3. The first-order valence-corrected chi connectivity index (χ1v) is 12.1. The predicted molar refractivity (Wildman–Crippen MR) is 139 cm³/mol. The number of hydrogen-bond acceptors (Lipinski definition) is 7. The van der Waals surface area contributed by atoms with E-state index in [0.29, 0.717) is 37.7 Å². The van der Waals surface area contributed by atoms with Crippen molar-refractivity contribution in [1.29, 1.82) is 0 Å². The number of piperazine rings is 1. The minimum Gasteiger partial charge on any atom is -0.507 e. The highest BCUT2D eigenvalue weighted by molar-refractivity contribution is 6.34. The second kappa shape index (κ2) is 10.6. The molecule has 2 aromatic carbocycles. The quantitative estimate of drug-likeness (QED) is 0.355. The van der Waals surface area contributed by atoms with E-state index in [1.807, 2.05) is 4.90 Å². The van der Waals surface area contributed by atoms with E-state index in [-0.39, 0.29) is 45.6 Å². The van der Waals surface area contributed by atoms with Gasteiger partial charge in [0.05, 0.1) is 16.3 Å². The van der Waals surface area contributed by atoms with Crippen LogP contribution in [0.15, 0.2) is 61.3 Å². The summed E-state index contributed by atoms with van der Waals surface area (Å²) in [6.45, 7) is 5.17. The molecule has 0 unspecified atom stereocenters. The van der Waals surface area contributed by atoms with Crippen LogP contribution in [0.5, 0.6) is 11.8 Å². The summed E-state index contributed by atoms with van der Waals surface area (Å²) < 4.78 is 36.5. The molecule has 0 saturated carbocycles. The summed E-state index contributed by atoms with van der Waals surface area (Å²) in [7, 11) is 0. The van der Waals surface area contributed by atoms with Crippen molar-refractivity contribution in [3.05, 3.63) is 83.7 Å². The summed E-state index contributed by atoms with van der Waals surface area (Å²) >= 11 is 6.47. The van der Waals surface area contributed by atoms with Gasteiger partial charge in [0.2, 0.25) is 5.91 Å². The number of amides is 1. The topological polar surface area (TPSA) is 91.7 Å². The Labute approximate surface area is 221 Å². The highest BCUT2D eigenvalue weighted by Gasteiger charge is 2.27. The molecule has 0 radical (unpaired) electrons. The second-order valence-electron chi connectivity index (χ2n) is 8.53. The summed E-state index contributed by atoms with van der Waals surface area (Å²) in [5.41, 5.74) is -0.235. The van der Waals surface area contributed by atoms with Crippen molar-refractivity contribution in [3.8, 4) is 22.9 Å². The van der Waals surface area contributed by atoms with Gasteiger partial charge in [-0.05, 0) is 36.4 Å². The van der Waals surface area contributed by atoms with Crippen LogP contribution in [0.1, 0.15) is 5.69 Å². The van der Waals surface area contributed by atoms with Gasteiger partial charge in [-0.15, -0.1) is 0 Å². The maximum atomic E-state index is 16.1. The Morgan fingerprint density at radius 1 is 1.11 bits per heavy atom. The molecule has 1 fully saturated rings. The number of aromatic nitrogens is 3. The predicted octanol–water partition coefficient (Wildman–Crippen LogP) is 4.74. The lowest BCUT2D eigenvalue weighted by molar-refractivity contribution is -0.126. The maximum Gasteiger partial charge on any atom is 0.319 e. The maximum absolute atomic E-state index is 16.1. The number of phenolic OH excluding ortho intramolecular Hbond substituents is 1. The molecule has 1 aliphatic rings. The molecule has 0 atom stereocenters. The summed E-state index contributed by atoms with van der Waals surface area (Å²) in [5, 5.41) is 10.5. The molecule has 0 spiro atoms. The van der Waals surface area contributed by atoms with Gasteiger partial charge in [0.15, 0.2) is 5.82 Å². The van der Waals surface area contributed by atoms with E-state index in [4.69, 9.17) is 16.3 Å². The molecule has 4 aromatic rings. The number of carbonyl (C=O) groups excluding carboxylic acids is 1. The number of ether oxygens (including phenoxy) is 1. The van der Waals surface area contributed by atoms with E-state index in [1.54, 1.807) is 29.3 Å². The lowest BCUT2D eigenvalue weighted by Crippen LogP contribution is -2.48. The fourth-order valence-corrected chi connectivity index (χ4v) is 4.63. The second-order valence-corrected chi connectivity index (χ2v) is 8.94. The van der Waals surface area contributed by atoms with Gasteiger partial charge in [-0.1, -0.05) is 30.3 Å². The SMILES string of the molecule is C=CC(=O)N1CCN(c2nc(OCc3ccccn3)nc3c(F)c(-c4c(O)cccc4F)c(Cl)cc23)CC1. The fraction of sp³-hybridized carbons (Fsp3) is 0.185. The zero-order valence-electron chi connectivity index (χ0n) is 20.1. The highest BCUT2D eigenvalue weighted by Crippen LogP contribution is 2.42. The lowest BCUT2D eigenvalue weighted by atomic mass is 10.0. The molecule has 0 aliphatic carbocycles. The van der Waals surface area contributed by atoms with Crippen LogP contribution in [-0.2, 0) is 11.4 Å². The summed E-state index contributed by atoms with van der Waals surface area (Å²) in [6, 6.07) is 10.3. The number of aromatic hydroxyl groups is 1. The molecule has 2 aromatic heterocycles. The van der Waals surface area contributed by atoms with E-state index in [1.165, 1.54) is 24.3 Å². The van der Waals surface area contributed by atoms with Gasteiger partial charge in [0.1, 0.15) is 29.5 Å². The lowest BCUT2D eigenvalue weighted by Gasteiger charge is -2.35. The Balaban J connectivity index is 1.62. The minimum atomic E-state index is -0.931. The van der Waals surface area contributed by atoms with Gasteiger partial charge in [0.25, 0.3) is 0 Å². The van der Waals surface area contributed by atoms with Crippen molar-refractivity contribution in [1.82, 2.24) is 19.9 Å². The van der Waals surface area contributed by atoms with Crippen LogP contribution >= 0.6 is 11.6 Å². The summed E-state index contributed by atoms with van der Waals surface area (Å²) in [5.74, 6) is -2.07. The Hall–Kier alpha value is -4.31. The summed E-state index contributed by atoms with van der Waals surface area (Å²) in [4.78, 5) is 28.6. The molecule has 11 heteroatoms. The number of rotatable bonds is 6. The molecular formula is C27H22ClF2N5O3. The standard InChI is InChI=1S/C27H22ClF2N5O3/c1-2-21(37)34-10-12-35(13-11-34)26-17-14-18(28)22(23-19(29)7-5-8-20(23)36)24(30)25(17)32-27(33-26)38-15-16-6-3-4-9-31-16/h2-9,14,36H,1,10-13,15H2. The van der Waals surface area contributed by atoms with E-state index < -0.39 is 17.4 Å². The third-order valence-electron chi connectivity index (χ3n) is 6.22. The van der Waals surface area contributed by atoms with Gasteiger partial charge in [-0.2, -0.15) is 9.97 Å². The highest BCUT2D eigenvalue weighted by atomic mass is 35.5. The van der Waals surface area contributed by atoms with Crippen molar-refractivity contribution in [2.45, 2.75) is 6.61 Å². The molecule has 1 N–H and O–H groups in total. The average molecular weight is 538 g/mol. The van der Waals surface area contributed by atoms with Crippen LogP contribution in [0.3, 0.4) is 0 Å². The monoisotopic (exact) mass is 537 g/mol. The number of nitrogens with zero attached hydrogens (tertiary/aromatic N) is 5. The van der Waals surface area contributed by atoms with Crippen molar-refractivity contribution < 1.29 is 23.4 Å². The van der Waals surface area contributed by atoms with Gasteiger partial charge in [-0.25, -0.2) is 8.78 Å². The van der Waals surface area contributed by atoms with Crippen LogP contribution in [0.25, 0.3) is 22.0 Å². The molecule has 1 aliphatic heterocycles. The molecule has 38 heavy (non-hydrogen) atoms. The number of pyridine rings is 1. The minimum absolute atomic E-state index is 0.0313. The fourth-order valence-electron chi connectivity index (χ4n) is 4.34. The zero-order valence-corrected chi connectivity index (χ0v) is 20.8.